The first-order valence-electron chi connectivity index (χ1n) is 8.11. The molecule has 3 unspecified atom stereocenters. The number of rotatable bonds is 3. The van der Waals surface area contributed by atoms with E-state index < -0.39 is 0 Å². The van der Waals surface area contributed by atoms with Crippen LogP contribution < -0.4 is 0 Å². The molecule has 2 heterocycles. The minimum atomic E-state index is -0.243. The van der Waals surface area contributed by atoms with Crippen molar-refractivity contribution in [3.8, 4) is 0 Å². The molecule has 5 heteroatoms. The third-order valence-electron chi connectivity index (χ3n) is 4.65. The number of esters is 1. The van der Waals surface area contributed by atoms with E-state index in [0.717, 1.165) is 38.9 Å². The van der Waals surface area contributed by atoms with E-state index in [2.05, 4.69) is 13.8 Å². The molecular weight excluding hydrogens is 268 g/mol. The molecular formula is C16H28N2O3. The Morgan fingerprint density at radius 1 is 1.14 bits per heavy atom. The average molecular weight is 296 g/mol. The molecule has 2 aliphatic heterocycles. The number of carbonyl (C=O) groups is 2. The first kappa shape index (κ1) is 16.3. The number of methoxy groups -OCH3 is 1. The summed E-state index contributed by atoms with van der Waals surface area (Å²) in [7, 11) is 1.42. The van der Waals surface area contributed by atoms with Gasteiger partial charge in [-0.3, -0.25) is 14.5 Å². The van der Waals surface area contributed by atoms with Crippen molar-refractivity contribution in [2.24, 2.45) is 11.8 Å². The molecule has 0 bridgehead atoms. The predicted octanol–water partition coefficient (Wildman–Crippen LogP) is 1.52. The Kier molecular flexibility index (Phi) is 5.62. The molecule has 2 fully saturated rings. The van der Waals surface area contributed by atoms with E-state index >= 15 is 0 Å². The molecule has 0 spiro atoms. The van der Waals surface area contributed by atoms with Gasteiger partial charge < -0.3 is 9.64 Å². The van der Waals surface area contributed by atoms with Gasteiger partial charge >= 0.3 is 5.97 Å². The smallest absolute Gasteiger partial charge is 0.323 e. The second-order valence-corrected chi connectivity index (χ2v) is 6.75. The fourth-order valence-corrected chi connectivity index (χ4v) is 3.72. The highest BCUT2D eigenvalue weighted by Crippen LogP contribution is 2.22. The van der Waals surface area contributed by atoms with Crippen LogP contribution >= 0.6 is 0 Å². The topological polar surface area (TPSA) is 49.9 Å². The lowest BCUT2D eigenvalue weighted by Gasteiger charge is -2.38. The van der Waals surface area contributed by atoms with Gasteiger partial charge in [-0.05, 0) is 37.6 Å². The van der Waals surface area contributed by atoms with Crippen LogP contribution in [0, 0.1) is 11.8 Å². The van der Waals surface area contributed by atoms with Crippen molar-refractivity contribution >= 4 is 11.9 Å². The van der Waals surface area contributed by atoms with Gasteiger partial charge in [-0.25, -0.2) is 0 Å². The standard InChI is InChI=1S/C16H28N2O3/c1-12-8-13(2)10-18(9-12)15(19)11-17-7-5-4-6-14(17)16(20)21-3/h12-14H,4-11H2,1-3H3. The number of carbonyl (C=O) groups excluding carboxylic acids is 2. The zero-order chi connectivity index (χ0) is 15.4. The average Bonchev–Trinajstić information content (AvgIpc) is 2.46. The summed E-state index contributed by atoms with van der Waals surface area (Å²) >= 11 is 0. The molecule has 2 aliphatic rings. The van der Waals surface area contributed by atoms with E-state index in [0.29, 0.717) is 18.4 Å². The molecule has 0 radical (unpaired) electrons. The monoisotopic (exact) mass is 296 g/mol. The summed E-state index contributed by atoms with van der Waals surface area (Å²) in [6.45, 7) is 7.26. The molecule has 21 heavy (non-hydrogen) atoms. The van der Waals surface area contributed by atoms with Gasteiger partial charge in [0, 0.05) is 13.1 Å². The summed E-state index contributed by atoms with van der Waals surface area (Å²) in [6.07, 6.45) is 4.07. The first-order chi connectivity index (χ1) is 10.0. The molecule has 2 rings (SSSR count). The number of likely N-dealkylation sites (tertiary alicyclic amines) is 2. The van der Waals surface area contributed by atoms with Crippen molar-refractivity contribution < 1.29 is 14.3 Å². The summed E-state index contributed by atoms with van der Waals surface area (Å²) in [5.74, 6) is 1.08. The first-order valence-corrected chi connectivity index (χ1v) is 8.11. The molecule has 120 valence electrons. The second-order valence-electron chi connectivity index (χ2n) is 6.75. The summed E-state index contributed by atoms with van der Waals surface area (Å²) in [5.41, 5.74) is 0. The quantitative estimate of drug-likeness (QED) is 0.741. The maximum absolute atomic E-state index is 12.5. The molecule has 5 nitrogen and oxygen atoms in total. The van der Waals surface area contributed by atoms with Gasteiger partial charge in [0.2, 0.25) is 5.91 Å². The van der Waals surface area contributed by atoms with Gasteiger partial charge in [0.15, 0.2) is 0 Å². The maximum atomic E-state index is 12.5. The summed E-state index contributed by atoms with van der Waals surface area (Å²) in [4.78, 5) is 28.4. The van der Waals surface area contributed by atoms with Crippen LogP contribution in [0.1, 0.15) is 39.5 Å². The Morgan fingerprint density at radius 2 is 1.81 bits per heavy atom. The van der Waals surface area contributed by atoms with Gasteiger partial charge in [-0.15, -0.1) is 0 Å². The van der Waals surface area contributed by atoms with E-state index in [1.807, 2.05) is 9.80 Å². The summed E-state index contributed by atoms with van der Waals surface area (Å²) in [5, 5.41) is 0. The molecule has 0 saturated carbocycles. The highest BCUT2D eigenvalue weighted by molar-refractivity contribution is 5.80. The van der Waals surface area contributed by atoms with E-state index in [-0.39, 0.29) is 17.9 Å². The van der Waals surface area contributed by atoms with Gasteiger partial charge in [0.05, 0.1) is 13.7 Å². The van der Waals surface area contributed by atoms with Crippen LogP contribution in [0.4, 0.5) is 0 Å². The zero-order valence-corrected chi connectivity index (χ0v) is 13.5. The van der Waals surface area contributed by atoms with Gasteiger partial charge in [0.1, 0.15) is 6.04 Å². The van der Waals surface area contributed by atoms with E-state index in [1.165, 1.54) is 13.5 Å². The van der Waals surface area contributed by atoms with E-state index in [4.69, 9.17) is 4.74 Å². The number of piperidine rings is 2. The molecule has 0 aliphatic carbocycles. The van der Waals surface area contributed by atoms with E-state index in [9.17, 15) is 9.59 Å². The molecule has 0 aromatic heterocycles. The molecule has 0 aromatic rings. The lowest BCUT2D eigenvalue weighted by molar-refractivity contribution is -0.150. The van der Waals surface area contributed by atoms with Crippen LogP contribution in [0.3, 0.4) is 0 Å². The lowest BCUT2D eigenvalue weighted by Crippen LogP contribution is -2.52. The third-order valence-corrected chi connectivity index (χ3v) is 4.65. The second kappa shape index (κ2) is 7.25. The van der Waals surface area contributed by atoms with Crippen LogP contribution in [-0.2, 0) is 14.3 Å². The Labute approximate surface area is 127 Å². The van der Waals surface area contributed by atoms with Crippen molar-refractivity contribution in [2.75, 3.05) is 33.3 Å². The summed E-state index contributed by atoms with van der Waals surface area (Å²) < 4.78 is 4.88. The maximum Gasteiger partial charge on any atom is 0.323 e. The van der Waals surface area contributed by atoms with Gasteiger partial charge in [-0.1, -0.05) is 20.3 Å². The number of ether oxygens (including phenoxy) is 1. The van der Waals surface area contributed by atoms with Crippen molar-refractivity contribution in [3.05, 3.63) is 0 Å². The van der Waals surface area contributed by atoms with Crippen molar-refractivity contribution in [2.45, 2.75) is 45.6 Å². The van der Waals surface area contributed by atoms with Gasteiger partial charge in [0.25, 0.3) is 0 Å². The Balaban J connectivity index is 1.95. The predicted molar refractivity (Wildman–Crippen MR) is 80.8 cm³/mol. The van der Waals surface area contributed by atoms with Crippen LogP contribution in [0.2, 0.25) is 0 Å². The van der Waals surface area contributed by atoms with Crippen LogP contribution in [0.25, 0.3) is 0 Å². The minimum absolute atomic E-state index is 0.157. The molecule has 1 amide bonds. The molecule has 2 saturated heterocycles. The van der Waals surface area contributed by atoms with Crippen molar-refractivity contribution in [1.29, 1.82) is 0 Å². The number of hydrogen-bond donors (Lipinski definition) is 0. The van der Waals surface area contributed by atoms with Crippen molar-refractivity contribution in [1.82, 2.24) is 9.80 Å². The largest absolute Gasteiger partial charge is 0.468 e. The molecule has 3 atom stereocenters. The molecule has 0 aromatic carbocycles. The Morgan fingerprint density at radius 3 is 2.43 bits per heavy atom. The minimum Gasteiger partial charge on any atom is -0.468 e. The third kappa shape index (κ3) is 4.19. The fourth-order valence-electron chi connectivity index (χ4n) is 3.72. The zero-order valence-electron chi connectivity index (χ0n) is 13.5. The fraction of sp³-hybridized carbons (Fsp3) is 0.875. The highest BCUT2D eigenvalue weighted by atomic mass is 16.5. The van der Waals surface area contributed by atoms with Crippen LogP contribution in [0.15, 0.2) is 0 Å². The van der Waals surface area contributed by atoms with Gasteiger partial charge in [-0.2, -0.15) is 0 Å². The number of hydrogen-bond acceptors (Lipinski definition) is 4. The molecule has 0 N–H and O–H groups in total. The SMILES string of the molecule is COC(=O)C1CCCCN1CC(=O)N1CC(C)CC(C)C1. The highest BCUT2D eigenvalue weighted by Gasteiger charge is 2.33. The summed E-state index contributed by atoms with van der Waals surface area (Å²) in [6, 6.07) is -0.243. The van der Waals surface area contributed by atoms with Crippen LogP contribution in [-0.4, -0.2) is 61.0 Å². The van der Waals surface area contributed by atoms with E-state index in [1.54, 1.807) is 0 Å². The van der Waals surface area contributed by atoms with Crippen LogP contribution in [0.5, 0.6) is 0 Å². The lowest BCUT2D eigenvalue weighted by atomic mass is 9.92. The Hall–Kier alpha value is -1.10. The number of nitrogens with zero attached hydrogens (tertiary/aromatic N) is 2. The number of amides is 1. The van der Waals surface area contributed by atoms with Crippen molar-refractivity contribution in [3.63, 3.8) is 0 Å². The Bertz CT molecular complexity index is 376. The normalized spacial score (nSPS) is 31.0.